The predicted octanol–water partition coefficient (Wildman–Crippen LogP) is 4.64. The van der Waals surface area contributed by atoms with Crippen molar-refractivity contribution in [3.05, 3.63) is 76.4 Å². The minimum Gasteiger partial charge on any atom is -0.480 e. The van der Waals surface area contributed by atoms with Crippen LogP contribution in [-0.4, -0.2) is 37.5 Å². The highest BCUT2D eigenvalue weighted by Crippen LogP contribution is 2.32. The fourth-order valence-corrected chi connectivity index (χ4v) is 4.20. The fourth-order valence-electron chi connectivity index (χ4n) is 4.20. The summed E-state index contributed by atoms with van der Waals surface area (Å²) in [6.45, 7) is 1.17. The number of aryl methyl sites for hydroxylation is 1. The Morgan fingerprint density at radius 1 is 1.16 bits per heavy atom. The third kappa shape index (κ3) is 4.66. The molecule has 1 atom stereocenters. The molecule has 0 bridgehead atoms. The van der Waals surface area contributed by atoms with Crippen LogP contribution >= 0.6 is 0 Å². The van der Waals surface area contributed by atoms with Crippen molar-refractivity contribution in [3.8, 4) is 11.4 Å². The molecule has 37 heavy (non-hydrogen) atoms. The van der Waals surface area contributed by atoms with E-state index in [1.165, 1.54) is 4.57 Å². The van der Waals surface area contributed by atoms with Crippen LogP contribution in [0.15, 0.2) is 53.5 Å². The van der Waals surface area contributed by atoms with Gasteiger partial charge in [-0.05, 0) is 50.1 Å². The van der Waals surface area contributed by atoms with Crippen molar-refractivity contribution >= 4 is 22.5 Å². The Morgan fingerprint density at radius 3 is 2.73 bits per heavy atom. The zero-order valence-corrected chi connectivity index (χ0v) is 19.6. The monoisotopic (exact) mass is 515 g/mol. The van der Waals surface area contributed by atoms with Crippen LogP contribution in [0.2, 0.25) is 0 Å². The summed E-state index contributed by atoms with van der Waals surface area (Å²) in [6.07, 6.45) is -3.43. The summed E-state index contributed by atoms with van der Waals surface area (Å²) in [7, 11) is 0. The van der Waals surface area contributed by atoms with Crippen molar-refractivity contribution in [1.29, 1.82) is 0 Å². The Bertz CT molecular complexity index is 1560. The van der Waals surface area contributed by atoms with Crippen LogP contribution in [0.1, 0.15) is 35.9 Å². The van der Waals surface area contributed by atoms with E-state index in [4.69, 9.17) is 4.74 Å². The molecule has 0 aliphatic carbocycles. The molecule has 1 amide bonds. The topological polar surface area (TPSA) is 91.0 Å². The van der Waals surface area contributed by atoms with Gasteiger partial charge in [-0.3, -0.25) is 14.3 Å². The Labute approximate surface area is 207 Å². The van der Waals surface area contributed by atoms with Crippen LogP contribution in [0.3, 0.4) is 0 Å². The Morgan fingerprint density at radius 2 is 1.97 bits per heavy atom. The summed E-state index contributed by atoms with van der Waals surface area (Å²) in [5, 5.41) is 7.35. The number of aromatic nitrogens is 4. The van der Waals surface area contributed by atoms with E-state index in [1.807, 2.05) is 0 Å². The van der Waals surface area contributed by atoms with Crippen LogP contribution in [0.25, 0.3) is 16.6 Å². The number of ether oxygens (including phenoxy) is 1. The summed E-state index contributed by atoms with van der Waals surface area (Å²) in [4.78, 5) is 30.2. The van der Waals surface area contributed by atoms with E-state index >= 15 is 4.39 Å². The van der Waals surface area contributed by atoms with Gasteiger partial charge in [0.05, 0.1) is 16.8 Å². The summed E-state index contributed by atoms with van der Waals surface area (Å²) in [5.41, 5.74) is -0.610. The molecule has 0 radical (unpaired) electrons. The normalized spacial score (nSPS) is 14.3. The van der Waals surface area contributed by atoms with Crippen molar-refractivity contribution in [2.24, 2.45) is 0 Å². The smallest absolute Gasteiger partial charge is 0.425 e. The van der Waals surface area contributed by atoms with Gasteiger partial charge in [0.1, 0.15) is 23.1 Å². The third-order valence-corrected chi connectivity index (χ3v) is 6.15. The maximum Gasteiger partial charge on any atom is 0.425 e. The molecule has 4 aromatic rings. The number of alkyl halides is 3. The first-order valence-electron chi connectivity index (χ1n) is 11.5. The number of pyridine rings is 1. The molecule has 1 aliphatic rings. The number of benzene rings is 2. The number of nitrogens with one attached hydrogen (secondary N) is 1. The second kappa shape index (κ2) is 9.34. The molecule has 3 heterocycles. The van der Waals surface area contributed by atoms with Gasteiger partial charge in [0, 0.05) is 30.6 Å². The van der Waals surface area contributed by atoms with Gasteiger partial charge in [-0.15, -0.1) is 5.10 Å². The summed E-state index contributed by atoms with van der Waals surface area (Å²) >= 11 is 0. The number of halogens is 4. The predicted molar refractivity (Wildman–Crippen MR) is 127 cm³/mol. The number of nitrogens with zero attached hydrogens (tertiary/aromatic N) is 4. The lowest BCUT2D eigenvalue weighted by Gasteiger charge is -2.20. The molecule has 0 fully saturated rings. The van der Waals surface area contributed by atoms with Gasteiger partial charge in [0.2, 0.25) is 0 Å². The molecule has 0 spiro atoms. The number of carbonyl (C=O) groups excluding carboxylic acids is 1. The van der Waals surface area contributed by atoms with Crippen LogP contribution in [-0.2, 0) is 13.0 Å². The largest absolute Gasteiger partial charge is 0.480 e. The molecule has 2 aromatic carbocycles. The molecule has 192 valence electrons. The molecule has 0 saturated carbocycles. The summed E-state index contributed by atoms with van der Waals surface area (Å²) in [5.74, 6) is -2.01. The lowest BCUT2D eigenvalue weighted by atomic mass is 10.1. The lowest BCUT2D eigenvalue weighted by Crippen LogP contribution is -2.32. The zero-order chi connectivity index (χ0) is 26.3. The minimum atomic E-state index is -4.76. The van der Waals surface area contributed by atoms with E-state index in [9.17, 15) is 22.8 Å². The van der Waals surface area contributed by atoms with Crippen LogP contribution in [0.5, 0.6) is 5.75 Å². The first-order valence-corrected chi connectivity index (χ1v) is 11.5. The van der Waals surface area contributed by atoms with Gasteiger partial charge in [-0.25, -0.2) is 9.18 Å². The van der Waals surface area contributed by atoms with Crippen LogP contribution < -0.4 is 15.7 Å². The Hall–Kier alpha value is -4.22. The SMILES string of the molecule is C[C@H](Oc1cc(-n2nc3n(c2=O)CCCC3)c(F)cc1C(=O)Nc1cccc2ncccc12)C(F)(F)F. The second-order valence-corrected chi connectivity index (χ2v) is 8.65. The summed E-state index contributed by atoms with van der Waals surface area (Å²) in [6, 6.07) is 9.97. The first kappa shape index (κ1) is 24.5. The van der Waals surface area contributed by atoms with Crippen molar-refractivity contribution in [2.75, 3.05) is 5.32 Å². The number of amides is 1. The number of carbonyl (C=O) groups is 1. The quantitative estimate of drug-likeness (QED) is 0.391. The van der Waals surface area contributed by atoms with Crippen molar-refractivity contribution in [3.63, 3.8) is 0 Å². The molecule has 12 heteroatoms. The van der Waals surface area contributed by atoms with E-state index < -0.39 is 46.7 Å². The Kier molecular flexibility index (Phi) is 6.18. The number of hydrogen-bond donors (Lipinski definition) is 1. The average molecular weight is 515 g/mol. The molecule has 1 N–H and O–H groups in total. The highest BCUT2D eigenvalue weighted by molar-refractivity contribution is 6.10. The number of hydrogen-bond acceptors (Lipinski definition) is 5. The molecule has 0 saturated heterocycles. The standard InChI is InChI=1S/C25H21F4N5O3/c1-14(25(27,28)29)37-21-13-20(34-24(36)33-11-3-2-9-22(33)32-34)17(26)12-16(21)23(35)31-19-8-4-7-18-15(19)6-5-10-30-18/h4-8,10,12-14H,2-3,9,11H2,1H3,(H,31,35)/t14-/m0/s1. The molecular weight excluding hydrogens is 494 g/mol. The molecule has 1 aliphatic heterocycles. The number of anilines is 1. The van der Waals surface area contributed by atoms with Crippen molar-refractivity contribution < 1.29 is 27.1 Å². The van der Waals surface area contributed by atoms with Crippen LogP contribution in [0, 0.1) is 5.82 Å². The van der Waals surface area contributed by atoms with E-state index in [0.717, 1.165) is 36.6 Å². The van der Waals surface area contributed by atoms with Crippen molar-refractivity contribution in [2.45, 2.75) is 45.0 Å². The van der Waals surface area contributed by atoms with E-state index in [0.29, 0.717) is 35.4 Å². The molecule has 0 unspecified atom stereocenters. The molecular formula is C25H21F4N5O3. The second-order valence-electron chi connectivity index (χ2n) is 8.65. The fraction of sp³-hybridized carbons (Fsp3) is 0.280. The maximum absolute atomic E-state index is 15.3. The Balaban J connectivity index is 1.59. The summed E-state index contributed by atoms with van der Waals surface area (Å²) < 4.78 is 62.6. The number of rotatable bonds is 5. The van der Waals surface area contributed by atoms with Gasteiger partial charge < -0.3 is 10.1 Å². The lowest BCUT2D eigenvalue weighted by molar-refractivity contribution is -0.189. The molecule has 2 aromatic heterocycles. The van der Waals surface area contributed by atoms with Crippen LogP contribution in [0.4, 0.5) is 23.2 Å². The highest BCUT2D eigenvalue weighted by Gasteiger charge is 2.39. The molecule has 8 nitrogen and oxygen atoms in total. The first-order chi connectivity index (χ1) is 17.6. The zero-order valence-electron chi connectivity index (χ0n) is 19.6. The van der Waals surface area contributed by atoms with Gasteiger partial charge in [-0.2, -0.15) is 17.9 Å². The van der Waals surface area contributed by atoms with E-state index in [1.54, 1.807) is 36.5 Å². The third-order valence-electron chi connectivity index (χ3n) is 6.15. The van der Waals surface area contributed by atoms with Gasteiger partial charge in [0.25, 0.3) is 5.91 Å². The van der Waals surface area contributed by atoms with Gasteiger partial charge in [0.15, 0.2) is 6.10 Å². The van der Waals surface area contributed by atoms with Gasteiger partial charge in [-0.1, -0.05) is 6.07 Å². The minimum absolute atomic E-state index is 0.327. The maximum atomic E-state index is 15.3. The molecule has 5 rings (SSSR count). The number of fused-ring (bicyclic) bond motifs is 2. The van der Waals surface area contributed by atoms with Gasteiger partial charge >= 0.3 is 11.9 Å². The van der Waals surface area contributed by atoms with E-state index in [2.05, 4.69) is 15.4 Å². The van der Waals surface area contributed by atoms with E-state index in [-0.39, 0.29) is 0 Å². The average Bonchev–Trinajstić information content (AvgIpc) is 3.20. The van der Waals surface area contributed by atoms with Crippen molar-refractivity contribution in [1.82, 2.24) is 19.3 Å². The highest BCUT2D eigenvalue weighted by atomic mass is 19.4.